The van der Waals surface area contributed by atoms with E-state index in [2.05, 4.69) is 19.9 Å². The van der Waals surface area contributed by atoms with Gasteiger partial charge in [0.05, 0.1) is 22.9 Å². The number of esters is 1. The Balaban J connectivity index is 1.84. The molecule has 1 aliphatic carbocycles. The van der Waals surface area contributed by atoms with Crippen molar-refractivity contribution in [2.45, 2.75) is 70.4 Å². The summed E-state index contributed by atoms with van der Waals surface area (Å²) < 4.78 is 11.8. The first-order valence-electron chi connectivity index (χ1n) is 9.66. The van der Waals surface area contributed by atoms with E-state index in [0.717, 1.165) is 0 Å². The van der Waals surface area contributed by atoms with Crippen LogP contribution in [-0.4, -0.2) is 39.6 Å². The van der Waals surface area contributed by atoms with Gasteiger partial charge in [0.1, 0.15) is 11.9 Å². The molecule has 1 heterocycles. The Morgan fingerprint density at radius 3 is 2.52 bits per heavy atom. The second-order valence-corrected chi connectivity index (χ2v) is 8.77. The van der Waals surface area contributed by atoms with Crippen LogP contribution in [0.25, 0.3) is 0 Å². The van der Waals surface area contributed by atoms with Crippen molar-refractivity contribution in [3.63, 3.8) is 0 Å². The first-order chi connectivity index (χ1) is 12.6. The molecular formula is C22H30O5. The minimum atomic E-state index is -0.796. The number of phenolic OH excluding ortho intramolecular Hbond substituents is 1. The van der Waals surface area contributed by atoms with Crippen LogP contribution in [0.3, 0.4) is 0 Å². The van der Waals surface area contributed by atoms with Gasteiger partial charge in [-0.15, -0.1) is 0 Å². The molecule has 2 N–H and O–H groups in total. The van der Waals surface area contributed by atoms with Crippen LogP contribution in [0.2, 0.25) is 0 Å². The van der Waals surface area contributed by atoms with Gasteiger partial charge in [-0.05, 0) is 50.5 Å². The van der Waals surface area contributed by atoms with Crippen LogP contribution in [0.5, 0.6) is 5.75 Å². The molecule has 1 saturated heterocycles. The summed E-state index contributed by atoms with van der Waals surface area (Å²) in [5, 5.41) is 20.0. The zero-order valence-corrected chi connectivity index (χ0v) is 16.5. The lowest BCUT2D eigenvalue weighted by atomic mass is 9.80. The summed E-state index contributed by atoms with van der Waals surface area (Å²) in [6, 6.07) is 6.08. The Morgan fingerprint density at radius 2 is 1.89 bits per heavy atom. The van der Waals surface area contributed by atoms with Gasteiger partial charge in [0.2, 0.25) is 0 Å². The quantitative estimate of drug-likeness (QED) is 0.477. The average molecular weight is 374 g/mol. The molecule has 3 rings (SSSR count). The molecule has 27 heavy (non-hydrogen) atoms. The molecule has 1 aliphatic heterocycles. The Kier molecular flexibility index (Phi) is 5.37. The number of benzene rings is 1. The number of ether oxygens (including phenoxy) is 2. The molecule has 2 aliphatic rings. The van der Waals surface area contributed by atoms with E-state index in [4.69, 9.17) is 9.47 Å². The lowest BCUT2D eigenvalue weighted by Crippen LogP contribution is -2.36. The van der Waals surface area contributed by atoms with Crippen molar-refractivity contribution in [3.8, 4) is 5.75 Å². The molecule has 0 saturated carbocycles. The van der Waals surface area contributed by atoms with Gasteiger partial charge < -0.3 is 19.7 Å². The van der Waals surface area contributed by atoms with Gasteiger partial charge in [-0.3, -0.25) is 0 Å². The predicted octanol–water partition coefficient (Wildman–Crippen LogP) is 3.84. The average Bonchev–Trinajstić information content (AvgIpc) is 3.18. The molecule has 0 spiro atoms. The van der Waals surface area contributed by atoms with Gasteiger partial charge in [0.25, 0.3) is 0 Å². The van der Waals surface area contributed by atoms with Crippen LogP contribution in [0.1, 0.15) is 57.3 Å². The van der Waals surface area contributed by atoms with Gasteiger partial charge in [-0.1, -0.05) is 26.0 Å². The first-order valence-corrected chi connectivity index (χ1v) is 9.66. The molecule has 0 radical (unpaired) electrons. The summed E-state index contributed by atoms with van der Waals surface area (Å²) >= 11 is 0. The van der Waals surface area contributed by atoms with Crippen molar-refractivity contribution < 1.29 is 24.5 Å². The maximum absolute atomic E-state index is 12.7. The van der Waals surface area contributed by atoms with E-state index in [0.29, 0.717) is 24.8 Å². The zero-order valence-electron chi connectivity index (χ0n) is 16.5. The minimum absolute atomic E-state index is 0.0262. The summed E-state index contributed by atoms with van der Waals surface area (Å²) in [6.07, 6.45) is 5.42. The van der Waals surface area contributed by atoms with Crippen LogP contribution in [0.4, 0.5) is 0 Å². The largest absolute Gasteiger partial charge is 0.508 e. The number of carbonyl (C=O) groups excluding carboxylic acids is 1. The van der Waals surface area contributed by atoms with Crippen molar-refractivity contribution in [2.24, 2.45) is 11.8 Å². The van der Waals surface area contributed by atoms with Crippen LogP contribution in [-0.2, 0) is 9.47 Å². The van der Waals surface area contributed by atoms with E-state index in [-0.39, 0.29) is 35.4 Å². The van der Waals surface area contributed by atoms with Gasteiger partial charge in [-0.2, -0.15) is 0 Å². The zero-order chi connectivity index (χ0) is 19.8. The number of hydrogen-bond donors (Lipinski definition) is 2. The monoisotopic (exact) mass is 374 g/mol. The van der Waals surface area contributed by atoms with E-state index >= 15 is 0 Å². The number of hydrogen-bond acceptors (Lipinski definition) is 5. The molecule has 148 valence electrons. The number of phenols is 1. The molecule has 5 atom stereocenters. The van der Waals surface area contributed by atoms with Gasteiger partial charge in [0, 0.05) is 18.8 Å². The fourth-order valence-corrected chi connectivity index (χ4v) is 3.92. The number of aliphatic hydroxyl groups is 1. The number of aromatic hydroxyl groups is 1. The third-order valence-electron chi connectivity index (χ3n) is 5.74. The second kappa shape index (κ2) is 7.28. The standard InChI is InChI=1S/C22H30O5/c1-14(2)17-6-5-11-21(3,25)13-19-22(4,27-19)12-18(17)26-20(24)15-7-9-16(23)10-8-15/h5-10,14,17-19,23,25H,11-13H2,1-4H3/b6-5+/t17-,18-,19-,21-,22-/m0/s1. The molecule has 0 aromatic heterocycles. The second-order valence-electron chi connectivity index (χ2n) is 8.77. The lowest BCUT2D eigenvalue weighted by Gasteiger charge is -2.31. The number of rotatable bonds is 3. The predicted molar refractivity (Wildman–Crippen MR) is 103 cm³/mol. The van der Waals surface area contributed by atoms with Crippen molar-refractivity contribution in [1.29, 1.82) is 0 Å². The Labute approximate surface area is 161 Å². The lowest BCUT2D eigenvalue weighted by molar-refractivity contribution is 0.00393. The van der Waals surface area contributed by atoms with Gasteiger partial charge >= 0.3 is 5.97 Å². The van der Waals surface area contributed by atoms with E-state index in [1.807, 2.05) is 19.9 Å². The van der Waals surface area contributed by atoms with Gasteiger partial charge in [-0.25, -0.2) is 4.79 Å². The third kappa shape index (κ3) is 4.71. The van der Waals surface area contributed by atoms with Crippen LogP contribution in [0.15, 0.2) is 36.4 Å². The molecule has 5 nitrogen and oxygen atoms in total. The topological polar surface area (TPSA) is 79.3 Å². The normalized spacial score (nSPS) is 37.3. The van der Waals surface area contributed by atoms with Crippen molar-refractivity contribution in [1.82, 2.24) is 0 Å². The first kappa shape index (κ1) is 19.9. The number of carbonyl (C=O) groups is 1. The highest BCUT2D eigenvalue weighted by Crippen LogP contribution is 2.47. The van der Waals surface area contributed by atoms with Crippen molar-refractivity contribution >= 4 is 5.97 Å². The summed E-state index contributed by atoms with van der Waals surface area (Å²) in [5.41, 5.74) is -0.768. The Morgan fingerprint density at radius 1 is 1.22 bits per heavy atom. The molecule has 1 fully saturated rings. The summed E-state index contributed by atoms with van der Waals surface area (Å²) in [4.78, 5) is 12.7. The summed E-state index contributed by atoms with van der Waals surface area (Å²) in [5.74, 6) is 0.0107. The maximum Gasteiger partial charge on any atom is 0.338 e. The van der Waals surface area contributed by atoms with Crippen LogP contribution in [0, 0.1) is 11.8 Å². The molecule has 5 heteroatoms. The summed E-state index contributed by atoms with van der Waals surface area (Å²) in [7, 11) is 0. The molecular weight excluding hydrogens is 344 g/mol. The molecule has 1 aromatic rings. The highest BCUT2D eigenvalue weighted by molar-refractivity contribution is 5.89. The number of fused-ring (bicyclic) bond motifs is 1. The molecule has 0 unspecified atom stereocenters. The van der Waals surface area contributed by atoms with Crippen LogP contribution >= 0.6 is 0 Å². The molecule has 0 bridgehead atoms. The van der Waals surface area contributed by atoms with E-state index < -0.39 is 11.6 Å². The fourth-order valence-electron chi connectivity index (χ4n) is 3.92. The Bertz CT molecular complexity index is 706. The third-order valence-corrected chi connectivity index (χ3v) is 5.74. The van der Waals surface area contributed by atoms with E-state index in [1.165, 1.54) is 12.1 Å². The van der Waals surface area contributed by atoms with Crippen molar-refractivity contribution in [2.75, 3.05) is 0 Å². The molecule has 1 aromatic carbocycles. The van der Waals surface area contributed by atoms with Crippen molar-refractivity contribution in [3.05, 3.63) is 42.0 Å². The highest BCUT2D eigenvalue weighted by Gasteiger charge is 2.56. The maximum atomic E-state index is 12.7. The SMILES string of the molecule is CC(C)[C@@H]1/C=C/C[C@](C)(O)C[C@@H]2O[C@@]2(C)C[C@@H]1OC(=O)c1ccc(O)cc1. The summed E-state index contributed by atoms with van der Waals surface area (Å²) in [6.45, 7) is 8.08. The van der Waals surface area contributed by atoms with Gasteiger partial charge in [0.15, 0.2) is 0 Å². The minimum Gasteiger partial charge on any atom is -0.508 e. The number of epoxide rings is 1. The Hall–Kier alpha value is -1.85. The van der Waals surface area contributed by atoms with Crippen LogP contribution < -0.4 is 0 Å². The van der Waals surface area contributed by atoms with E-state index in [1.54, 1.807) is 12.1 Å². The van der Waals surface area contributed by atoms with E-state index in [9.17, 15) is 15.0 Å². The highest BCUT2D eigenvalue weighted by atomic mass is 16.6. The molecule has 0 amide bonds. The smallest absolute Gasteiger partial charge is 0.338 e. The fraction of sp³-hybridized carbons (Fsp3) is 0.591.